The second-order valence-electron chi connectivity index (χ2n) is 5.52. The normalized spacial score (nSPS) is 12.3. The van der Waals surface area contributed by atoms with E-state index in [-0.39, 0.29) is 14.8 Å². The lowest BCUT2D eigenvalue weighted by Crippen LogP contribution is -2.13. The van der Waals surface area contributed by atoms with Crippen molar-refractivity contribution in [3.63, 3.8) is 0 Å². The highest BCUT2D eigenvalue weighted by Crippen LogP contribution is 2.34. The Morgan fingerprint density at radius 3 is 2.23 bits per heavy atom. The zero-order chi connectivity index (χ0) is 19.1. The van der Waals surface area contributed by atoms with Gasteiger partial charge in [0, 0.05) is 11.3 Å². The summed E-state index contributed by atoms with van der Waals surface area (Å²) in [6, 6.07) is 8.24. The van der Waals surface area contributed by atoms with Gasteiger partial charge >= 0.3 is 0 Å². The number of hydrogen-bond acceptors (Lipinski definition) is 7. The lowest BCUT2D eigenvalue weighted by molar-refractivity contribution is 0.427. The first kappa shape index (κ1) is 18.6. The average Bonchev–Trinajstić information content (AvgIpc) is 3.15. The Morgan fingerprint density at radius 2 is 1.69 bits per heavy atom. The summed E-state index contributed by atoms with van der Waals surface area (Å²) in [5, 5.41) is 8.89. The minimum Gasteiger partial charge on any atom is -0.355 e. The minimum absolute atomic E-state index is 0.0940. The Morgan fingerprint density at radius 1 is 1.04 bits per heavy atom. The highest BCUT2D eigenvalue weighted by atomic mass is 32.2. The Kier molecular flexibility index (Phi) is 4.65. The van der Waals surface area contributed by atoms with Crippen LogP contribution in [0.2, 0.25) is 0 Å². The summed E-state index contributed by atoms with van der Waals surface area (Å²) < 4.78 is 55.3. The van der Waals surface area contributed by atoms with Gasteiger partial charge in [-0.15, -0.1) is 11.3 Å². The van der Waals surface area contributed by atoms with Crippen molar-refractivity contribution in [2.45, 2.75) is 23.0 Å². The predicted octanol–water partition coefficient (Wildman–Crippen LogP) is 2.47. The van der Waals surface area contributed by atoms with Crippen molar-refractivity contribution in [2.24, 2.45) is 5.14 Å². The molecule has 0 spiro atoms. The molecule has 0 unspecified atom stereocenters. The Hall–Kier alpha value is -2.21. The summed E-state index contributed by atoms with van der Waals surface area (Å²) in [6.45, 7) is 3.65. The van der Waals surface area contributed by atoms with Crippen LogP contribution in [-0.4, -0.2) is 22.0 Å². The maximum atomic E-state index is 12.5. The Bertz CT molecular complexity index is 1160. The van der Waals surface area contributed by atoms with E-state index >= 15 is 0 Å². The Labute approximate surface area is 154 Å². The van der Waals surface area contributed by atoms with E-state index in [2.05, 4.69) is 9.88 Å². The van der Waals surface area contributed by atoms with Gasteiger partial charge < -0.3 is 4.52 Å². The van der Waals surface area contributed by atoms with E-state index in [4.69, 9.17) is 9.66 Å². The number of nitrogens with two attached hydrogens (primary N) is 1. The van der Waals surface area contributed by atoms with E-state index in [0.717, 1.165) is 22.6 Å². The molecule has 3 rings (SSSR count). The first-order valence-corrected chi connectivity index (χ1v) is 11.1. The van der Waals surface area contributed by atoms with Gasteiger partial charge in [0.25, 0.3) is 10.0 Å². The molecule has 0 atom stereocenters. The minimum atomic E-state index is -3.84. The highest BCUT2D eigenvalue weighted by Gasteiger charge is 2.20. The number of anilines is 1. The van der Waals surface area contributed by atoms with Crippen LogP contribution in [0.1, 0.15) is 11.3 Å². The van der Waals surface area contributed by atoms with Gasteiger partial charge in [0.05, 0.1) is 15.5 Å². The number of hydrogen-bond donors (Lipinski definition) is 2. The number of rotatable bonds is 5. The molecule has 0 radical (unpaired) electrons. The first-order valence-electron chi connectivity index (χ1n) is 7.27. The van der Waals surface area contributed by atoms with Crippen molar-refractivity contribution < 1.29 is 21.4 Å². The van der Waals surface area contributed by atoms with Crippen LogP contribution in [-0.2, 0) is 20.0 Å². The summed E-state index contributed by atoms with van der Waals surface area (Å²) in [5.41, 5.74) is 1.81. The van der Waals surface area contributed by atoms with Gasteiger partial charge in [-0.05, 0) is 50.2 Å². The van der Waals surface area contributed by atoms with Crippen molar-refractivity contribution in [3.8, 4) is 10.6 Å². The quantitative estimate of drug-likeness (QED) is 0.660. The summed E-state index contributed by atoms with van der Waals surface area (Å²) in [6.07, 6.45) is 0. The van der Waals surface area contributed by atoms with Crippen LogP contribution in [0.5, 0.6) is 0 Å². The number of aromatic nitrogens is 1. The lowest BCUT2D eigenvalue weighted by atomic mass is 10.2. The fraction of sp³-hybridized carbons (Fsp3) is 0.133. The molecule has 8 nitrogen and oxygen atoms in total. The lowest BCUT2D eigenvalue weighted by Gasteiger charge is -2.06. The van der Waals surface area contributed by atoms with Crippen molar-refractivity contribution in [1.29, 1.82) is 0 Å². The van der Waals surface area contributed by atoms with Crippen LogP contribution < -0.4 is 9.86 Å². The molecule has 3 aromatic rings. The molecule has 0 amide bonds. The fourth-order valence-corrected chi connectivity index (χ4v) is 5.06. The number of primary sulfonamides is 1. The summed E-state index contributed by atoms with van der Waals surface area (Å²) in [5.74, 6) is 0.534. The van der Waals surface area contributed by atoms with Gasteiger partial charge in [-0.2, -0.15) is 0 Å². The molecule has 0 saturated carbocycles. The molecular weight excluding hydrogens is 398 g/mol. The van der Waals surface area contributed by atoms with E-state index < -0.39 is 20.0 Å². The third kappa shape index (κ3) is 3.65. The van der Waals surface area contributed by atoms with Crippen LogP contribution >= 0.6 is 11.3 Å². The third-order valence-corrected chi connectivity index (χ3v) is 7.55. The molecule has 0 aliphatic rings. The molecule has 138 valence electrons. The highest BCUT2D eigenvalue weighted by molar-refractivity contribution is 7.94. The van der Waals surface area contributed by atoms with Gasteiger partial charge in [-0.25, -0.2) is 22.0 Å². The standard InChI is InChI=1S/C15H15N3O5S3/c1-9-10(2)17-23-15(9)13-7-8-14(24-13)26(21,22)18-11-3-5-12(6-4-11)25(16,19)20/h3-8,18H,1-2H3,(H2,16,19,20). The van der Waals surface area contributed by atoms with Crippen LogP contribution in [0.15, 0.2) is 50.0 Å². The summed E-state index contributed by atoms with van der Waals surface area (Å²) in [4.78, 5) is 0.545. The predicted molar refractivity (Wildman–Crippen MR) is 97.9 cm³/mol. The van der Waals surface area contributed by atoms with E-state index in [1.165, 1.54) is 30.3 Å². The van der Waals surface area contributed by atoms with Gasteiger partial charge in [0.1, 0.15) is 4.21 Å². The summed E-state index contributed by atoms with van der Waals surface area (Å²) >= 11 is 1.05. The number of benzene rings is 1. The number of aryl methyl sites for hydroxylation is 1. The SMILES string of the molecule is Cc1noc(-c2ccc(S(=O)(=O)Nc3ccc(S(N)(=O)=O)cc3)s2)c1C. The smallest absolute Gasteiger partial charge is 0.271 e. The summed E-state index contributed by atoms with van der Waals surface area (Å²) in [7, 11) is -7.67. The molecule has 26 heavy (non-hydrogen) atoms. The molecule has 1 aromatic carbocycles. The number of nitrogens with zero attached hydrogens (tertiary/aromatic N) is 1. The molecule has 0 aliphatic carbocycles. The topological polar surface area (TPSA) is 132 Å². The molecule has 11 heteroatoms. The molecule has 0 bridgehead atoms. The Balaban J connectivity index is 1.86. The zero-order valence-corrected chi connectivity index (χ0v) is 16.2. The molecule has 2 heterocycles. The maximum Gasteiger partial charge on any atom is 0.271 e. The van der Waals surface area contributed by atoms with Crippen LogP contribution in [0.3, 0.4) is 0 Å². The monoisotopic (exact) mass is 413 g/mol. The van der Waals surface area contributed by atoms with E-state index in [1.807, 2.05) is 6.92 Å². The van der Waals surface area contributed by atoms with Crippen LogP contribution in [0.25, 0.3) is 10.6 Å². The molecule has 0 saturated heterocycles. The van der Waals surface area contributed by atoms with E-state index in [0.29, 0.717) is 10.6 Å². The third-order valence-electron chi connectivity index (χ3n) is 3.66. The van der Waals surface area contributed by atoms with Gasteiger partial charge in [-0.1, -0.05) is 5.16 Å². The fourth-order valence-electron chi connectivity index (χ4n) is 2.15. The number of sulfonamides is 2. The second kappa shape index (κ2) is 6.50. The van der Waals surface area contributed by atoms with E-state index in [9.17, 15) is 16.8 Å². The molecule has 3 N–H and O–H groups in total. The van der Waals surface area contributed by atoms with Crippen molar-refractivity contribution >= 4 is 37.1 Å². The molecule has 0 aliphatic heterocycles. The van der Waals surface area contributed by atoms with Gasteiger partial charge in [0.2, 0.25) is 10.0 Å². The van der Waals surface area contributed by atoms with Crippen molar-refractivity contribution in [3.05, 3.63) is 47.7 Å². The zero-order valence-electron chi connectivity index (χ0n) is 13.8. The average molecular weight is 414 g/mol. The van der Waals surface area contributed by atoms with Gasteiger partial charge in [0.15, 0.2) is 5.76 Å². The van der Waals surface area contributed by atoms with E-state index in [1.54, 1.807) is 13.0 Å². The largest absolute Gasteiger partial charge is 0.355 e. The molecular formula is C15H15N3O5S3. The maximum absolute atomic E-state index is 12.5. The van der Waals surface area contributed by atoms with Crippen LogP contribution in [0.4, 0.5) is 5.69 Å². The van der Waals surface area contributed by atoms with Crippen molar-refractivity contribution in [1.82, 2.24) is 5.16 Å². The molecule has 2 aromatic heterocycles. The molecule has 0 fully saturated rings. The van der Waals surface area contributed by atoms with Crippen molar-refractivity contribution in [2.75, 3.05) is 4.72 Å². The first-order chi connectivity index (χ1) is 12.1. The number of nitrogens with one attached hydrogen (secondary N) is 1. The number of thiophene rings is 1. The second-order valence-corrected chi connectivity index (χ2v) is 10.1. The van der Waals surface area contributed by atoms with Gasteiger partial charge in [-0.3, -0.25) is 4.72 Å². The van der Waals surface area contributed by atoms with Crippen LogP contribution in [0, 0.1) is 13.8 Å².